The Morgan fingerprint density at radius 2 is 1.96 bits per heavy atom. The third-order valence-corrected chi connectivity index (χ3v) is 5.68. The highest BCUT2D eigenvalue weighted by atomic mass is 35.5. The number of nitrogens with one attached hydrogen (secondary N) is 1. The van der Waals surface area contributed by atoms with Crippen LogP contribution in [0.15, 0.2) is 53.6 Å². The first-order valence-electron chi connectivity index (χ1n) is 8.96. The lowest BCUT2D eigenvalue weighted by atomic mass is 9.95. The summed E-state index contributed by atoms with van der Waals surface area (Å²) in [6.45, 7) is 1.48. The number of anilines is 1. The quantitative estimate of drug-likeness (QED) is 0.455. The number of aromatic hydroxyl groups is 1. The van der Waals surface area contributed by atoms with Crippen LogP contribution in [0.25, 0.3) is 32.8 Å². The fourth-order valence-corrected chi connectivity index (χ4v) is 4.13. The van der Waals surface area contributed by atoms with E-state index in [1.807, 2.05) is 24.3 Å². The summed E-state index contributed by atoms with van der Waals surface area (Å²) in [6.07, 6.45) is 1.54. The Bertz CT molecular complexity index is 1310. The summed E-state index contributed by atoms with van der Waals surface area (Å²) in [5.74, 6) is 0.116. The topological polar surface area (TPSA) is 93.2 Å². The van der Waals surface area contributed by atoms with Gasteiger partial charge in [0.05, 0.1) is 28.3 Å². The van der Waals surface area contributed by atoms with Crippen LogP contribution in [0.4, 0.5) is 5.69 Å². The number of benzene rings is 3. The minimum atomic E-state index is -0.155. The van der Waals surface area contributed by atoms with Crippen molar-refractivity contribution in [3.63, 3.8) is 0 Å². The van der Waals surface area contributed by atoms with E-state index in [0.29, 0.717) is 32.7 Å². The van der Waals surface area contributed by atoms with Gasteiger partial charge in [-0.1, -0.05) is 35.9 Å². The van der Waals surface area contributed by atoms with Crippen molar-refractivity contribution in [2.75, 3.05) is 18.8 Å². The van der Waals surface area contributed by atoms with Crippen LogP contribution >= 0.6 is 11.6 Å². The molecule has 1 saturated heterocycles. The average molecular weight is 393 g/mol. The van der Waals surface area contributed by atoms with E-state index in [9.17, 15) is 9.90 Å². The van der Waals surface area contributed by atoms with E-state index in [1.54, 1.807) is 29.1 Å². The van der Waals surface area contributed by atoms with Crippen LogP contribution in [0.2, 0.25) is 5.02 Å². The van der Waals surface area contributed by atoms with Gasteiger partial charge in [-0.25, -0.2) is 4.98 Å². The first-order valence-corrected chi connectivity index (χ1v) is 9.34. The number of phenols is 1. The standard InChI is InChI=1S/C21H17ClN4O2/c22-19-18(15-6-13(27)5-11-3-1-2-4-14(11)15)17(23)7-16-20(19)25-10-26(21(16)28)12-8-24-9-12/h1-7,10,12,24,27H,8-9,23H2. The number of nitrogens with zero attached hydrogens (tertiary/aromatic N) is 2. The van der Waals surface area contributed by atoms with E-state index >= 15 is 0 Å². The summed E-state index contributed by atoms with van der Waals surface area (Å²) in [6, 6.07) is 12.7. The lowest BCUT2D eigenvalue weighted by Gasteiger charge is -2.28. The zero-order valence-corrected chi connectivity index (χ0v) is 15.6. The molecule has 1 aromatic heterocycles. The molecular weight excluding hydrogens is 376 g/mol. The zero-order valence-electron chi connectivity index (χ0n) is 14.8. The summed E-state index contributed by atoms with van der Waals surface area (Å²) < 4.78 is 1.62. The maximum absolute atomic E-state index is 12.9. The molecule has 2 heterocycles. The summed E-state index contributed by atoms with van der Waals surface area (Å²) in [7, 11) is 0. The summed E-state index contributed by atoms with van der Waals surface area (Å²) in [4.78, 5) is 17.4. The molecule has 6 nitrogen and oxygen atoms in total. The van der Waals surface area contributed by atoms with Gasteiger partial charge in [0.1, 0.15) is 5.75 Å². The molecule has 140 valence electrons. The Hall–Kier alpha value is -3.09. The number of hydrogen-bond donors (Lipinski definition) is 3. The Morgan fingerprint density at radius 1 is 1.18 bits per heavy atom. The fraction of sp³-hybridized carbons (Fsp3) is 0.143. The van der Waals surface area contributed by atoms with Crippen molar-refractivity contribution in [2.45, 2.75) is 6.04 Å². The highest BCUT2D eigenvalue weighted by Crippen LogP contribution is 2.42. The second-order valence-corrected chi connectivity index (χ2v) is 7.41. The largest absolute Gasteiger partial charge is 0.508 e. The lowest BCUT2D eigenvalue weighted by Crippen LogP contribution is -2.46. The molecule has 0 unspecified atom stereocenters. The van der Waals surface area contributed by atoms with Gasteiger partial charge in [-0.15, -0.1) is 0 Å². The monoisotopic (exact) mass is 392 g/mol. The van der Waals surface area contributed by atoms with E-state index in [-0.39, 0.29) is 17.4 Å². The number of nitrogens with two attached hydrogens (primary N) is 1. The van der Waals surface area contributed by atoms with Crippen molar-refractivity contribution in [3.05, 3.63) is 64.2 Å². The predicted molar refractivity (Wildman–Crippen MR) is 112 cm³/mol. The molecule has 0 saturated carbocycles. The molecule has 0 radical (unpaired) electrons. The van der Waals surface area contributed by atoms with E-state index in [0.717, 1.165) is 23.9 Å². The molecule has 0 aliphatic carbocycles. The number of phenolic OH excluding ortho intramolecular Hbond substituents is 1. The molecule has 1 aliphatic heterocycles. The molecule has 0 spiro atoms. The van der Waals surface area contributed by atoms with Crippen LogP contribution in [0.1, 0.15) is 6.04 Å². The number of rotatable bonds is 2. The van der Waals surface area contributed by atoms with Gasteiger partial charge < -0.3 is 16.2 Å². The van der Waals surface area contributed by atoms with Crippen LogP contribution < -0.4 is 16.6 Å². The van der Waals surface area contributed by atoms with Gasteiger partial charge >= 0.3 is 0 Å². The molecule has 0 bridgehead atoms. The number of hydrogen-bond acceptors (Lipinski definition) is 5. The van der Waals surface area contributed by atoms with E-state index < -0.39 is 0 Å². The molecule has 4 N–H and O–H groups in total. The fourth-order valence-electron chi connectivity index (χ4n) is 3.77. The molecule has 0 amide bonds. The Morgan fingerprint density at radius 3 is 2.71 bits per heavy atom. The van der Waals surface area contributed by atoms with E-state index in [4.69, 9.17) is 17.3 Å². The highest BCUT2D eigenvalue weighted by molar-refractivity contribution is 6.39. The van der Waals surface area contributed by atoms with Gasteiger partial charge in [-0.2, -0.15) is 0 Å². The van der Waals surface area contributed by atoms with Crippen LogP contribution in [-0.2, 0) is 0 Å². The van der Waals surface area contributed by atoms with Crippen molar-refractivity contribution < 1.29 is 5.11 Å². The second kappa shape index (κ2) is 6.22. The van der Waals surface area contributed by atoms with E-state index in [1.165, 1.54) is 0 Å². The van der Waals surface area contributed by atoms with Crippen molar-refractivity contribution in [3.8, 4) is 16.9 Å². The number of aromatic nitrogens is 2. The van der Waals surface area contributed by atoms with Gasteiger partial charge in [-0.3, -0.25) is 9.36 Å². The molecule has 3 aromatic carbocycles. The smallest absolute Gasteiger partial charge is 0.261 e. The van der Waals surface area contributed by atoms with Crippen LogP contribution in [-0.4, -0.2) is 27.7 Å². The van der Waals surface area contributed by atoms with Gasteiger partial charge in [0.15, 0.2) is 0 Å². The highest BCUT2D eigenvalue weighted by Gasteiger charge is 2.23. The minimum absolute atomic E-state index is 0.0964. The second-order valence-electron chi connectivity index (χ2n) is 7.03. The van der Waals surface area contributed by atoms with Gasteiger partial charge in [0.2, 0.25) is 0 Å². The summed E-state index contributed by atoms with van der Waals surface area (Å²) in [5, 5.41) is 15.8. The van der Waals surface area contributed by atoms with Crippen molar-refractivity contribution in [1.82, 2.24) is 14.9 Å². The lowest BCUT2D eigenvalue weighted by molar-refractivity contribution is 0.334. The maximum Gasteiger partial charge on any atom is 0.261 e. The predicted octanol–water partition coefficient (Wildman–Crippen LogP) is 3.30. The van der Waals surface area contributed by atoms with Crippen LogP contribution in [0, 0.1) is 0 Å². The third kappa shape index (κ3) is 2.46. The van der Waals surface area contributed by atoms with E-state index in [2.05, 4.69) is 10.3 Å². The molecule has 28 heavy (non-hydrogen) atoms. The number of halogens is 1. The van der Waals surface area contributed by atoms with Crippen molar-refractivity contribution >= 4 is 39.0 Å². The molecule has 1 aliphatic rings. The van der Waals surface area contributed by atoms with Gasteiger partial charge in [0.25, 0.3) is 5.56 Å². The normalized spacial score (nSPS) is 14.5. The average Bonchev–Trinajstić information content (AvgIpc) is 2.63. The molecular formula is C21H17ClN4O2. The molecule has 0 atom stereocenters. The number of nitrogen functional groups attached to an aromatic ring is 1. The minimum Gasteiger partial charge on any atom is -0.508 e. The Kier molecular flexibility index (Phi) is 3.79. The van der Waals surface area contributed by atoms with Gasteiger partial charge in [-0.05, 0) is 34.5 Å². The Balaban J connectivity index is 1.81. The first kappa shape index (κ1) is 17.0. The van der Waals surface area contributed by atoms with Gasteiger partial charge in [0, 0.05) is 24.3 Å². The molecule has 5 rings (SSSR count). The van der Waals surface area contributed by atoms with Crippen molar-refractivity contribution in [1.29, 1.82) is 0 Å². The Labute approximate surface area is 165 Å². The summed E-state index contributed by atoms with van der Waals surface area (Å²) >= 11 is 6.70. The first-order chi connectivity index (χ1) is 13.5. The number of fused-ring (bicyclic) bond motifs is 2. The molecule has 7 heteroatoms. The summed E-state index contributed by atoms with van der Waals surface area (Å²) in [5.41, 5.74) is 8.24. The SMILES string of the molecule is Nc1cc2c(=O)n(C3CNC3)cnc2c(Cl)c1-c1cc(O)cc2ccccc12. The molecule has 4 aromatic rings. The van der Waals surface area contributed by atoms with Crippen LogP contribution in [0.3, 0.4) is 0 Å². The van der Waals surface area contributed by atoms with Crippen LogP contribution in [0.5, 0.6) is 5.75 Å². The third-order valence-electron chi connectivity index (χ3n) is 5.32. The van der Waals surface area contributed by atoms with Crippen molar-refractivity contribution in [2.24, 2.45) is 0 Å². The maximum atomic E-state index is 12.9. The zero-order chi connectivity index (χ0) is 19.4. The molecule has 1 fully saturated rings.